The molecule has 0 saturated carbocycles. The zero-order valence-corrected chi connectivity index (χ0v) is 13.6. The van der Waals surface area contributed by atoms with Crippen molar-refractivity contribution in [2.75, 3.05) is 0 Å². The minimum Gasteiger partial charge on any atom is -0.258 e. The van der Waals surface area contributed by atoms with Crippen molar-refractivity contribution in [1.82, 2.24) is 0 Å². The van der Waals surface area contributed by atoms with Crippen LogP contribution in [0.4, 0.5) is 17.1 Å². The van der Waals surface area contributed by atoms with Crippen molar-refractivity contribution in [3.63, 3.8) is 0 Å². The Kier molecular flexibility index (Phi) is 4.58. The van der Waals surface area contributed by atoms with Crippen molar-refractivity contribution in [1.29, 1.82) is 0 Å². The summed E-state index contributed by atoms with van der Waals surface area (Å²) >= 11 is 0. The summed E-state index contributed by atoms with van der Waals surface area (Å²) in [6.45, 7) is 0. The number of nitro benzene ring substituents is 3. The van der Waals surface area contributed by atoms with Crippen LogP contribution in [0.1, 0.15) is 0 Å². The summed E-state index contributed by atoms with van der Waals surface area (Å²) in [6.07, 6.45) is 0. The molecule has 0 heterocycles. The quantitative estimate of drug-likeness (QED) is 0.474. The Bertz CT molecular complexity index is 1050. The average molecular weight is 365 g/mol. The van der Waals surface area contributed by atoms with Crippen LogP contribution in [0, 0.1) is 30.3 Å². The van der Waals surface area contributed by atoms with Crippen LogP contribution in [0.2, 0.25) is 0 Å². The lowest BCUT2D eigenvalue weighted by Crippen LogP contribution is -2.04. The summed E-state index contributed by atoms with van der Waals surface area (Å²) in [5.74, 6) is 0. The summed E-state index contributed by atoms with van der Waals surface area (Å²) in [5, 5.41) is 34.8. The Morgan fingerprint density at radius 2 is 1.00 bits per heavy atom. The number of nitro groups is 3. The average Bonchev–Trinajstić information content (AvgIpc) is 2.67. The number of hydrogen-bond acceptors (Lipinski definition) is 6. The molecule has 0 atom stereocenters. The zero-order chi connectivity index (χ0) is 19.6. The second-order valence-corrected chi connectivity index (χ2v) is 5.52. The molecule has 0 saturated heterocycles. The molecule has 3 aromatic rings. The third-order valence-electron chi connectivity index (χ3n) is 3.96. The summed E-state index contributed by atoms with van der Waals surface area (Å²) in [7, 11) is 0. The monoisotopic (exact) mass is 365 g/mol. The highest BCUT2D eigenvalue weighted by atomic mass is 16.6. The maximum absolute atomic E-state index is 11.7. The summed E-state index contributed by atoms with van der Waals surface area (Å²) in [6, 6.07) is 16.6. The van der Waals surface area contributed by atoms with E-state index in [2.05, 4.69) is 0 Å². The Morgan fingerprint density at radius 3 is 1.41 bits per heavy atom. The van der Waals surface area contributed by atoms with Crippen LogP contribution < -0.4 is 0 Å². The fourth-order valence-electron chi connectivity index (χ4n) is 2.90. The van der Waals surface area contributed by atoms with E-state index in [1.807, 2.05) is 0 Å². The van der Waals surface area contributed by atoms with Gasteiger partial charge in [-0.1, -0.05) is 60.7 Å². The van der Waals surface area contributed by atoms with Crippen molar-refractivity contribution < 1.29 is 14.8 Å². The van der Waals surface area contributed by atoms with Crippen LogP contribution in [-0.2, 0) is 0 Å². The first-order valence-corrected chi connectivity index (χ1v) is 7.66. The third kappa shape index (κ3) is 3.21. The fourth-order valence-corrected chi connectivity index (χ4v) is 2.90. The molecule has 0 aliphatic carbocycles. The lowest BCUT2D eigenvalue weighted by Gasteiger charge is -2.12. The van der Waals surface area contributed by atoms with E-state index >= 15 is 0 Å². The summed E-state index contributed by atoms with van der Waals surface area (Å²) in [5.41, 5.74) is -1.86. The second kappa shape index (κ2) is 7.00. The van der Waals surface area contributed by atoms with Gasteiger partial charge < -0.3 is 0 Å². The molecule has 9 nitrogen and oxygen atoms in total. The molecule has 0 aromatic heterocycles. The molecule has 0 N–H and O–H groups in total. The number of hydrogen-bond donors (Lipinski definition) is 0. The van der Waals surface area contributed by atoms with Gasteiger partial charge in [0.15, 0.2) is 0 Å². The molecule has 0 spiro atoms. The number of benzene rings is 3. The second-order valence-electron chi connectivity index (χ2n) is 5.52. The largest absolute Gasteiger partial charge is 0.354 e. The van der Waals surface area contributed by atoms with Gasteiger partial charge in [0, 0.05) is 0 Å². The van der Waals surface area contributed by atoms with Crippen LogP contribution in [0.15, 0.2) is 66.7 Å². The fraction of sp³-hybridized carbons (Fsp3) is 0. The molecule has 3 rings (SSSR count). The predicted molar refractivity (Wildman–Crippen MR) is 97.3 cm³/mol. The summed E-state index contributed by atoms with van der Waals surface area (Å²) < 4.78 is 0. The van der Waals surface area contributed by atoms with Gasteiger partial charge in [-0.15, -0.1) is 0 Å². The first-order valence-electron chi connectivity index (χ1n) is 7.66. The van der Waals surface area contributed by atoms with Gasteiger partial charge in [-0.3, -0.25) is 30.3 Å². The van der Waals surface area contributed by atoms with Crippen molar-refractivity contribution >= 4 is 17.1 Å². The normalized spacial score (nSPS) is 10.4. The minimum absolute atomic E-state index is 0.0379. The number of nitrogens with zero attached hydrogens (tertiary/aromatic N) is 3. The Hall–Kier alpha value is -4.14. The molecule has 0 aliphatic rings. The molecule has 0 amide bonds. The maximum Gasteiger partial charge on any atom is 0.354 e. The summed E-state index contributed by atoms with van der Waals surface area (Å²) in [4.78, 5) is 32.1. The molecule has 0 radical (unpaired) electrons. The zero-order valence-electron chi connectivity index (χ0n) is 13.6. The van der Waals surface area contributed by atoms with Gasteiger partial charge in [0.1, 0.15) is 6.07 Å². The Morgan fingerprint density at radius 1 is 0.556 bits per heavy atom. The van der Waals surface area contributed by atoms with Crippen molar-refractivity contribution in [2.24, 2.45) is 0 Å². The first-order chi connectivity index (χ1) is 12.9. The molecule has 134 valence electrons. The van der Waals surface area contributed by atoms with E-state index in [1.54, 1.807) is 48.5 Å². The lowest BCUT2D eigenvalue weighted by molar-refractivity contribution is -0.423. The lowest BCUT2D eigenvalue weighted by atomic mass is 9.90. The first kappa shape index (κ1) is 17.7. The third-order valence-corrected chi connectivity index (χ3v) is 3.96. The van der Waals surface area contributed by atoms with E-state index in [9.17, 15) is 30.3 Å². The highest BCUT2D eigenvalue weighted by molar-refractivity contribution is 5.97. The molecule has 0 unspecified atom stereocenters. The molecule has 3 aromatic carbocycles. The van der Waals surface area contributed by atoms with Crippen LogP contribution in [0.5, 0.6) is 0 Å². The molecular weight excluding hydrogens is 354 g/mol. The van der Waals surface area contributed by atoms with Gasteiger partial charge >= 0.3 is 11.4 Å². The van der Waals surface area contributed by atoms with E-state index in [1.165, 1.54) is 12.1 Å². The van der Waals surface area contributed by atoms with E-state index in [0.29, 0.717) is 11.6 Å². The Labute approximate surface area is 152 Å². The van der Waals surface area contributed by atoms with E-state index in [-0.39, 0.29) is 16.7 Å². The van der Waals surface area contributed by atoms with Gasteiger partial charge in [0.2, 0.25) is 0 Å². The molecular formula is C18H11N3O6. The van der Waals surface area contributed by atoms with Crippen molar-refractivity contribution in [3.05, 3.63) is 97.1 Å². The Balaban J connectivity index is 2.58. The van der Waals surface area contributed by atoms with Gasteiger partial charge in [-0.2, -0.15) is 0 Å². The van der Waals surface area contributed by atoms with Crippen LogP contribution in [-0.4, -0.2) is 14.8 Å². The van der Waals surface area contributed by atoms with Crippen LogP contribution in [0.25, 0.3) is 22.3 Å². The maximum atomic E-state index is 11.7. The number of rotatable bonds is 5. The van der Waals surface area contributed by atoms with Gasteiger partial charge in [0.05, 0.1) is 25.9 Å². The van der Waals surface area contributed by atoms with E-state index in [0.717, 1.165) is 0 Å². The standard InChI is InChI=1S/C18H11N3O6/c22-19(23)14-11-15(20(24)25)18(21(26)27)17(13-9-5-2-6-10-13)16(14)12-7-3-1-4-8-12/h1-11H. The van der Waals surface area contributed by atoms with Gasteiger partial charge in [0.25, 0.3) is 5.69 Å². The van der Waals surface area contributed by atoms with E-state index < -0.39 is 31.8 Å². The van der Waals surface area contributed by atoms with Crippen molar-refractivity contribution in [2.45, 2.75) is 0 Å². The topological polar surface area (TPSA) is 129 Å². The molecule has 0 fully saturated rings. The van der Waals surface area contributed by atoms with E-state index in [4.69, 9.17) is 0 Å². The molecule has 27 heavy (non-hydrogen) atoms. The van der Waals surface area contributed by atoms with Crippen LogP contribution >= 0.6 is 0 Å². The highest BCUT2D eigenvalue weighted by Gasteiger charge is 2.38. The van der Waals surface area contributed by atoms with Crippen LogP contribution in [0.3, 0.4) is 0 Å². The SMILES string of the molecule is O=[N+]([O-])c1cc([N+](=O)[O-])c([N+](=O)[O-])c(-c2ccccc2)c1-c1ccccc1. The minimum atomic E-state index is -0.980. The smallest absolute Gasteiger partial charge is 0.258 e. The molecule has 9 heteroatoms. The molecule has 0 aliphatic heterocycles. The predicted octanol–water partition coefficient (Wildman–Crippen LogP) is 4.75. The molecule has 0 bridgehead atoms. The van der Waals surface area contributed by atoms with Gasteiger partial charge in [-0.25, -0.2) is 0 Å². The highest BCUT2D eigenvalue weighted by Crippen LogP contribution is 2.49. The van der Waals surface area contributed by atoms with Crippen molar-refractivity contribution in [3.8, 4) is 22.3 Å². The van der Waals surface area contributed by atoms with Gasteiger partial charge in [-0.05, 0) is 11.1 Å².